The minimum absolute atomic E-state index is 0.0165. The fourth-order valence-electron chi connectivity index (χ4n) is 2.55. The van der Waals surface area contributed by atoms with Crippen LogP contribution in [0, 0.1) is 0 Å². The summed E-state index contributed by atoms with van der Waals surface area (Å²) in [5, 5.41) is 4.89. The predicted molar refractivity (Wildman–Crippen MR) is 107 cm³/mol. The Morgan fingerprint density at radius 2 is 1.55 bits per heavy atom. The Bertz CT molecular complexity index is 1190. The van der Waals surface area contributed by atoms with E-state index in [2.05, 4.69) is 9.44 Å². The van der Waals surface area contributed by atoms with E-state index in [9.17, 15) is 18.0 Å². The Balaban J connectivity index is 1.94. The van der Waals surface area contributed by atoms with Crippen molar-refractivity contribution in [3.05, 3.63) is 78.4 Å². The van der Waals surface area contributed by atoms with Gasteiger partial charge in [0, 0.05) is 5.56 Å². The van der Waals surface area contributed by atoms with Crippen molar-refractivity contribution < 1.29 is 27.0 Å². The van der Waals surface area contributed by atoms with Crippen molar-refractivity contribution in [1.82, 2.24) is 0 Å². The highest BCUT2D eigenvalue weighted by Crippen LogP contribution is 2.20. The maximum absolute atomic E-state index is 12.6. The van der Waals surface area contributed by atoms with E-state index >= 15 is 0 Å². The molecule has 7 nitrogen and oxygen atoms in total. The molecule has 0 fully saturated rings. The van der Waals surface area contributed by atoms with Crippen LogP contribution in [0.4, 0.5) is 0 Å². The molecule has 0 aliphatic carbocycles. The number of nitrogens with zero attached hydrogens (tertiary/aromatic N) is 1. The summed E-state index contributed by atoms with van der Waals surface area (Å²) in [6.45, 7) is 1.53. The first kappa shape index (κ1) is 20.2. The molecule has 0 radical (unpaired) electrons. The van der Waals surface area contributed by atoms with Gasteiger partial charge in [0.25, 0.3) is 0 Å². The Hall–Kier alpha value is -3.52. The van der Waals surface area contributed by atoms with Crippen LogP contribution in [0.15, 0.2) is 82.8 Å². The number of hydrogen-bond acceptors (Lipinski definition) is 7. The standard InChI is InChI=1S/C21H17NO6S/c1-2-27-21(24)19(20(23)16-9-4-3-5-10-16)22-28-29(25,26)18-13-12-15-8-6-7-11-17(15)14-18/h3-14H,2H2,1H3. The van der Waals surface area contributed by atoms with E-state index in [1.54, 1.807) is 43.3 Å². The number of carbonyl (C=O) groups is 2. The van der Waals surface area contributed by atoms with E-state index in [1.807, 2.05) is 12.1 Å². The van der Waals surface area contributed by atoms with Crippen LogP contribution in [-0.4, -0.2) is 32.5 Å². The minimum Gasteiger partial charge on any atom is -0.461 e. The van der Waals surface area contributed by atoms with Gasteiger partial charge >= 0.3 is 16.1 Å². The first-order valence-electron chi connectivity index (χ1n) is 8.69. The molecular weight excluding hydrogens is 394 g/mol. The fraction of sp³-hybridized carbons (Fsp3) is 0.0952. The molecule has 0 saturated carbocycles. The predicted octanol–water partition coefficient (Wildman–Crippen LogP) is 3.35. The number of ether oxygens (including phenoxy) is 1. The molecule has 0 saturated heterocycles. The summed E-state index contributed by atoms with van der Waals surface area (Å²) in [4.78, 5) is 24.6. The first-order valence-corrected chi connectivity index (χ1v) is 10.1. The number of esters is 1. The van der Waals surface area contributed by atoms with Gasteiger partial charge in [-0.1, -0.05) is 65.8 Å². The van der Waals surface area contributed by atoms with E-state index in [0.29, 0.717) is 5.39 Å². The SMILES string of the molecule is CCOC(=O)C(=NOS(=O)(=O)c1ccc2ccccc2c1)C(=O)c1ccccc1. The zero-order valence-corrected chi connectivity index (χ0v) is 16.3. The third-order valence-electron chi connectivity index (χ3n) is 3.96. The van der Waals surface area contributed by atoms with Gasteiger partial charge < -0.3 is 4.74 Å². The van der Waals surface area contributed by atoms with Gasteiger partial charge in [-0.25, -0.2) is 4.79 Å². The number of carbonyl (C=O) groups excluding carboxylic acids is 2. The Labute approximate surface area is 167 Å². The van der Waals surface area contributed by atoms with Crippen LogP contribution in [-0.2, 0) is 23.9 Å². The maximum Gasteiger partial charge on any atom is 0.364 e. The average molecular weight is 411 g/mol. The largest absolute Gasteiger partial charge is 0.461 e. The number of rotatable bonds is 7. The molecule has 148 valence electrons. The smallest absolute Gasteiger partial charge is 0.364 e. The van der Waals surface area contributed by atoms with Crippen LogP contribution in [0.2, 0.25) is 0 Å². The van der Waals surface area contributed by atoms with Gasteiger partial charge in [0.15, 0.2) is 0 Å². The highest BCUT2D eigenvalue weighted by atomic mass is 32.2. The maximum atomic E-state index is 12.6. The second kappa shape index (κ2) is 8.66. The van der Waals surface area contributed by atoms with E-state index in [4.69, 9.17) is 4.74 Å². The van der Waals surface area contributed by atoms with E-state index in [1.165, 1.54) is 24.3 Å². The molecule has 3 rings (SSSR count). The normalized spacial score (nSPS) is 11.8. The van der Waals surface area contributed by atoms with Gasteiger partial charge in [-0.15, -0.1) is 0 Å². The highest BCUT2D eigenvalue weighted by molar-refractivity contribution is 7.86. The topological polar surface area (TPSA) is 99.1 Å². The lowest BCUT2D eigenvalue weighted by Gasteiger charge is -2.07. The Morgan fingerprint density at radius 1 is 0.897 bits per heavy atom. The quantitative estimate of drug-likeness (QED) is 0.194. The highest BCUT2D eigenvalue weighted by Gasteiger charge is 2.26. The molecule has 29 heavy (non-hydrogen) atoms. The van der Waals surface area contributed by atoms with E-state index in [0.717, 1.165) is 5.39 Å². The summed E-state index contributed by atoms with van der Waals surface area (Å²) in [5.74, 6) is -1.88. The lowest BCUT2D eigenvalue weighted by atomic mass is 10.1. The molecule has 0 amide bonds. The minimum atomic E-state index is -4.36. The average Bonchev–Trinajstić information content (AvgIpc) is 2.74. The summed E-state index contributed by atoms with van der Waals surface area (Å²) in [7, 11) is -4.36. The molecule has 0 aliphatic heterocycles. The van der Waals surface area contributed by atoms with Crippen LogP contribution in [0.3, 0.4) is 0 Å². The number of ketones is 1. The molecule has 3 aromatic carbocycles. The number of hydrogen-bond donors (Lipinski definition) is 0. The zero-order valence-electron chi connectivity index (χ0n) is 15.4. The van der Waals surface area contributed by atoms with E-state index < -0.39 is 27.6 Å². The van der Waals surface area contributed by atoms with Crippen molar-refractivity contribution in [2.24, 2.45) is 5.16 Å². The molecular formula is C21H17NO6S. The number of Topliss-reactive ketones (excluding diaryl/α,β-unsaturated/α-hetero) is 1. The molecule has 0 bridgehead atoms. The second-order valence-corrected chi connectivity index (χ2v) is 7.42. The van der Waals surface area contributed by atoms with Gasteiger partial charge in [-0.2, -0.15) is 8.42 Å². The van der Waals surface area contributed by atoms with Crippen molar-refractivity contribution in [1.29, 1.82) is 0 Å². The van der Waals surface area contributed by atoms with Crippen molar-refractivity contribution >= 4 is 38.4 Å². The molecule has 8 heteroatoms. The van der Waals surface area contributed by atoms with Gasteiger partial charge in [0.2, 0.25) is 11.5 Å². The molecule has 0 N–H and O–H groups in total. The number of benzene rings is 3. The molecule has 0 aliphatic rings. The van der Waals surface area contributed by atoms with Gasteiger partial charge in [0.05, 0.1) is 6.61 Å². The van der Waals surface area contributed by atoms with Gasteiger partial charge in [-0.3, -0.25) is 9.08 Å². The molecule has 0 unspecified atom stereocenters. The summed E-state index contributed by atoms with van der Waals surface area (Å²) >= 11 is 0. The Morgan fingerprint density at radius 3 is 2.24 bits per heavy atom. The second-order valence-electron chi connectivity index (χ2n) is 5.89. The third kappa shape index (κ3) is 4.67. The van der Waals surface area contributed by atoms with Crippen LogP contribution in [0.5, 0.6) is 0 Å². The lowest BCUT2D eigenvalue weighted by Crippen LogP contribution is -2.27. The van der Waals surface area contributed by atoms with Crippen molar-refractivity contribution in [3.8, 4) is 0 Å². The molecule has 3 aromatic rings. The van der Waals surface area contributed by atoms with Crippen LogP contribution >= 0.6 is 0 Å². The summed E-state index contributed by atoms with van der Waals surface area (Å²) in [6, 6.07) is 19.4. The zero-order chi connectivity index (χ0) is 20.9. The molecule has 0 heterocycles. The first-order chi connectivity index (χ1) is 13.9. The number of fused-ring (bicyclic) bond motifs is 1. The van der Waals surface area contributed by atoms with Crippen LogP contribution < -0.4 is 0 Å². The van der Waals surface area contributed by atoms with Crippen LogP contribution in [0.1, 0.15) is 17.3 Å². The van der Waals surface area contributed by atoms with Crippen molar-refractivity contribution in [2.75, 3.05) is 6.61 Å². The van der Waals surface area contributed by atoms with Gasteiger partial charge in [0.1, 0.15) is 4.90 Å². The molecule has 0 atom stereocenters. The molecule has 0 aromatic heterocycles. The van der Waals surface area contributed by atoms with Crippen molar-refractivity contribution in [3.63, 3.8) is 0 Å². The van der Waals surface area contributed by atoms with E-state index in [-0.39, 0.29) is 17.1 Å². The monoisotopic (exact) mass is 411 g/mol. The lowest BCUT2D eigenvalue weighted by molar-refractivity contribution is -0.135. The Kier molecular flexibility index (Phi) is 6.04. The summed E-state index contributed by atoms with van der Waals surface area (Å²) in [5.41, 5.74) is -0.617. The fourth-order valence-corrected chi connectivity index (χ4v) is 3.31. The summed E-state index contributed by atoms with van der Waals surface area (Å²) < 4.78 is 34.5. The third-order valence-corrected chi connectivity index (χ3v) is 5.06. The number of oxime groups is 1. The van der Waals surface area contributed by atoms with Gasteiger partial charge in [-0.05, 0) is 29.8 Å². The van der Waals surface area contributed by atoms with Crippen molar-refractivity contribution in [2.45, 2.75) is 11.8 Å². The molecule has 0 spiro atoms. The van der Waals surface area contributed by atoms with Crippen LogP contribution in [0.25, 0.3) is 10.8 Å². The summed E-state index contributed by atoms with van der Waals surface area (Å²) in [6.07, 6.45) is 0.